The Kier molecular flexibility index (Phi) is 6.46. The first-order valence-electron chi connectivity index (χ1n) is 7.98. The molecule has 0 bridgehead atoms. The third-order valence-corrected chi connectivity index (χ3v) is 3.77. The zero-order valence-corrected chi connectivity index (χ0v) is 15.1. The number of amides is 1. The van der Waals surface area contributed by atoms with Crippen LogP contribution in [0.25, 0.3) is 6.08 Å². The van der Waals surface area contributed by atoms with E-state index in [1.807, 2.05) is 61.5 Å². The van der Waals surface area contributed by atoms with Gasteiger partial charge in [0.1, 0.15) is 0 Å². The van der Waals surface area contributed by atoms with Crippen LogP contribution >= 0.6 is 0 Å². The van der Waals surface area contributed by atoms with Crippen molar-refractivity contribution in [2.24, 2.45) is 0 Å². The summed E-state index contributed by atoms with van der Waals surface area (Å²) in [6.07, 6.45) is 3.21. The van der Waals surface area contributed by atoms with Crippen molar-refractivity contribution in [3.8, 4) is 11.5 Å². The highest BCUT2D eigenvalue weighted by atomic mass is 16.5. The van der Waals surface area contributed by atoms with E-state index in [9.17, 15) is 4.79 Å². The van der Waals surface area contributed by atoms with Crippen LogP contribution < -0.4 is 19.7 Å². The summed E-state index contributed by atoms with van der Waals surface area (Å²) in [5, 5.41) is 2.87. The molecule has 0 aliphatic carbocycles. The molecule has 2 rings (SSSR count). The summed E-state index contributed by atoms with van der Waals surface area (Å²) in [7, 11) is 7.15. The Morgan fingerprint density at radius 2 is 1.80 bits per heavy atom. The van der Waals surface area contributed by atoms with Gasteiger partial charge in [-0.2, -0.15) is 0 Å². The monoisotopic (exact) mass is 340 g/mol. The lowest BCUT2D eigenvalue weighted by molar-refractivity contribution is -0.116. The number of rotatable bonds is 7. The first-order valence-corrected chi connectivity index (χ1v) is 7.98. The van der Waals surface area contributed by atoms with Crippen LogP contribution in [0.5, 0.6) is 11.5 Å². The second kappa shape index (κ2) is 8.78. The zero-order valence-electron chi connectivity index (χ0n) is 15.1. The maximum Gasteiger partial charge on any atom is 0.244 e. The van der Waals surface area contributed by atoms with E-state index in [4.69, 9.17) is 9.47 Å². The molecule has 0 radical (unpaired) electrons. The maximum absolute atomic E-state index is 12.0. The van der Waals surface area contributed by atoms with Crippen molar-refractivity contribution in [2.45, 2.75) is 6.54 Å². The van der Waals surface area contributed by atoms with Crippen molar-refractivity contribution in [2.75, 3.05) is 33.2 Å². The van der Waals surface area contributed by atoms with Crippen LogP contribution in [-0.2, 0) is 11.3 Å². The minimum Gasteiger partial charge on any atom is -0.493 e. The van der Waals surface area contributed by atoms with E-state index in [2.05, 4.69) is 5.32 Å². The number of benzene rings is 2. The standard InChI is InChI=1S/C20H24N2O3/c1-22(2)17-11-8-15(9-12-17)14-21-19(23)13-10-16-6-5-7-18(24-3)20(16)25-4/h5-13H,14H2,1-4H3,(H,21,23)/b13-10+. The van der Waals surface area contributed by atoms with Crippen molar-refractivity contribution in [1.29, 1.82) is 0 Å². The molecule has 1 N–H and O–H groups in total. The van der Waals surface area contributed by atoms with Crippen LogP contribution in [0.3, 0.4) is 0 Å². The normalized spacial score (nSPS) is 10.6. The van der Waals surface area contributed by atoms with E-state index >= 15 is 0 Å². The van der Waals surface area contributed by atoms with Gasteiger partial charge in [0.2, 0.25) is 5.91 Å². The third kappa shape index (κ3) is 5.01. The largest absolute Gasteiger partial charge is 0.493 e. The average Bonchev–Trinajstić information content (AvgIpc) is 2.64. The smallest absolute Gasteiger partial charge is 0.244 e. The molecule has 1 amide bonds. The third-order valence-electron chi connectivity index (χ3n) is 3.77. The van der Waals surface area contributed by atoms with Gasteiger partial charge in [-0.05, 0) is 29.8 Å². The Bertz CT molecular complexity index is 737. The van der Waals surface area contributed by atoms with Crippen LogP contribution in [0, 0.1) is 0 Å². The van der Waals surface area contributed by atoms with Gasteiger partial charge >= 0.3 is 0 Å². The molecule has 2 aromatic rings. The SMILES string of the molecule is COc1cccc(/C=C/C(=O)NCc2ccc(N(C)C)cc2)c1OC. The number of nitrogens with one attached hydrogen (secondary N) is 1. The number of anilines is 1. The minimum atomic E-state index is -0.165. The highest BCUT2D eigenvalue weighted by molar-refractivity contribution is 5.92. The molecule has 0 spiro atoms. The summed E-state index contributed by atoms with van der Waals surface area (Å²) in [6, 6.07) is 13.6. The number of carbonyl (C=O) groups excluding carboxylic acids is 1. The quantitative estimate of drug-likeness (QED) is 0.787. The molecule has 0 fully saturated rings. The second-order valence-corrected chi connectivity index (χ2v) is 5.69. The Morgan fingerprint density at radius 1 is 1.08 bits per heavy atom. The predicted molar refractivity (Wildman–Crippen MR) is 101 cm³/mol. The van der Waals surface area contributed by atoms with Crippen LogP contribution in [0.2, 0.25) is 0 Å². The van der Waals surface area contributed by atoms with Gasteiger partial charge in [-0.1, -0.05) is 24.3 Å². The lowest BCUT2D eigenvalue weighted by Gasteiger charge is -2.12. The number of hydrogen-bond donors (Lipinski definition) is 1. The summed E-state index contributed by atoms with van der Waals surface area (Å²) in [5.74, 6) is 1.07. The van der Waals surface area contributed by atoms with Crippen LogP contribution in [-0.4, -0.2) is 34.2 Å². The molecule has 0 aliphatic rings. The van der Waals surface area contributed by atoms with E-state index in [1.54, 1.807) is 20.3 Å². The van der Waals surface area contributed by atoms with E-state index < -0.39 is 0 Å². The molecule has 0 atom stereocenters. The molecule has 132 valence electrons. The predicted octanol–water partition coefficient (Wildman–Crippen LogP) is 3.10. The number of methoxy groups -OCH3 is 2. The molecule has 2 aromatic carbocycles. The lowest BCUT2D eigenvalue weighted by atomic mass is 10.1. The zero-order chi connectivity index (χ0) is 18.2. The van der Waals surface area contributed by atoms with Gasteiger partial charge in [-0.25, -0.2) is 0 Å². The van der Waals surface area contributed by atoms with E-state index in [0.717, 1.165) is 16.8 Å². The van der Waals surface area contributed by atoms with E-state index in [1.165, 1.54) is 6.08 Å². The fourth-order valence-electron chi connectivity index (χ4n) is 2.37. The molecule has 25 heavy (non-hydrogen) atoms. The molecule has 0 unspecified atom stereocenters. The van der Waals surface area contributed by atoms with Crippen molar-refractivity contribution in [3.63, 3.8) is 0 Å². The molecule has 0 heterocycles. The van der Waals surface area contributed by atoms with Gasteiger partial charge < -0.3 is 19.7 Å². The molecule has 5 heteroatoms. The van der Waals surface area contributed by atoms with Gasteiger partial charge in [-0.3, -0.25) is 4.79 Å². The highest BCUT2D eigenvalue weighted by Crippen LogP contribution is 2.31. The summed E-state index contributed by atoms with van der Waals surface area (Å²) >= 11 is 0. The average molecular weight is 340 g/mol. The summed E-state index contributed by atoms with van der Waals surface area (Å²) in [4.78, 5) is 14.1. The molecular weight excluding hydrogens is 316 g/mol. The number of ether oxygens (including phenoxy) is 2. The first-order chi connectivity index (χ1) is 12.0. The number of nitrogens with zero attached hydrogens (tertiary/aromatic N) is 1. The maximum atomic E-state index is 12.0. The Hall–Kier alpha value is -2.95. The number of carbonyl (C=O) groups is 1. The fourth-order valence-corrected chi connectivity index (χ4v) is 2.37. The second-order valence-electron chi connectivity index (χ2n) is 5.69. The van der Waals surface area contributed by atoms with Crippen molar-refractivity contribution >= 4 is 17.7 Å². The van der Waals surface area contributed by atoms with E-state index in [0.29, 0.717) is 18.0 Å². The fraction of sp³-hybridized carbons (Fsp3) is 0.250. The van der Waals surface area contributed by atoms with Gasteiger partial charge in [0.15, 0.2) is 11.5 Å². The van der Waals surface area contributed by atoms with Crippen LogP contribution in [0.15, 0.2) is 48.5 Å². The van der Waals surface area contributed by atoms with Crippen molar-refractivity contribution in [3.05, 3.63) is 59.7 Å². The number of para-hydroxylation sites is 1. The van der Waals surface area contributed by atoms with Crippen LogP contribution in [0.1, 0.15) is 11.1 Å². The van der Waals surface area contributed by atoms with Gasteiger partial charge in [0, 0.05) is 38.0 Å². The van der Waals surface area contributed by atoms with Crippen molar-refractivity contribution < 1.29 is 14.3 Å². The Labute approximate surface area is 148 Å². The lowest BCUT2D eigenvalue weighted by Crippen LogP contribution is -2.20. The summed E-state index contributed by atoms with van der Waals surface area (Å²) in [5.41, 5.74) is 2.96. The Balaban J connectivity index is 1.97. The van der Waals surface area contributed by atoms with Gasteiger partial charge in [-0.15, -0.1) is 0 Å². The molecule has 0 saturated heterocycles. The first kappa shape index (κ1) is 18.4. The van der Waals surface area contributed by atoms with Gasteiger partial charge in [0.25, 0.3) is 0 Å². The minimum absolute atomic E-state index is 0.165. The van der Waals surface area contributed by atoms with Crippen LogP contribution in [0.4, 0.5) is 5.69 Å². The topological polar surface area (TPSA) is 50.8 Å². The molecule has 0 aliphatic heterocycles. The van der Waals surface area contributed by atoms with E-state index in [-0.39, 0.29) is 5.91 Å². The van der Waals surface area contributed by atoms with Crippen molar-refractivity contribution in [1.82, 2.24) is 5.32 Å². The summed E-state index contributed by atoms with van der Waals surface area (Å²) in [6.45, 7) is 0.478. The molecular formula is C20H24N2O3. The number of hydrogen-bond acceptors (Lipinski definition) is 4. The molecule has 5 nitrogen and oxygen atoms in total. The molecule has 0 saturated carbocycles. The molecule has 0 aromatic heterocycles. The summed E-state index contributed by atoms with van der Waals surface area (Å²) < 4.78 is 10.6. The Morgan fingerprint density at radius 3 is 2.40 bits per heavy atom. The van der Waals surface area contributed by atoms with Gasteiger partial charge in [0.05, 0.1) is 14.2 Å². The highest BCUT2D eigenvalue weighted by Gasteiger charge is 2.07.